The number of halogens is 3. The van der Waals surface area contributed by atoms with E-state index in [2.05, 4.69) is 29.2 Å². The Balaban J connectivity index is 1.74. The molecule has 1 aliphatic heterocycles. The van der Waals surface area contributed by atoms with E-state index in [-0.39, 0.29) is 11.9 Å². The van der Waals surface area contributed by atoms with E-state index in [9.17, 15) is 13.2 Å². The lowest BCUT2D eigenvalue weighted by Gasteiger charge is -2.31. The van der Waals surface area contributed by atoms with Crippen LogP contribution < -0.4 is 20.3 Å². The Kier molecular flexibility index (Phi) is 7.48. The van der Waals surface area contributed by atoms with Gasteiger partial charge in [-0.3, -0.25) is 0 Å². The van der Waals surface area contributed by atoms with Gasteiger partial charge in [0.25, 0.3) is 0 Å². The number of hydrogen-bond acceptors (Lipinski definition) is 3. The first-order valence-corrected chi connectivity index (χ1v) is 8.98. The summed E-state index contributed by atoms with van der Waals surface area (Å²) in [5, 5.41) is 6.43. The number of nitrogens with one attached hydrogen (secondary N) is 3. The van der Waals surface area contributed by atoms with Gasteiger partial charge in [0.05, 0.1) is 13.2 Å². The lowest BCUT2D eigenvalue weighted by atomic mass is 10.2. The predicted octanol–water partition coefficient (Wildman–Crippen LogP) is 1.81. The SMILES string of the molecule is CC(C)C[NH+]1CCO[C@@H](CNC(=S)Nc2ccc(OC(F)(F)F)cc2)C1. The fourth-order valence-electron chi connectivity index (χ4n) is 2.87. The molecule has 0 aliphatic carbocycles. The van der Waals surface area contributed by atoms with Crippen molar-refractivity contribution in [3.05, 3.63) is 24.3 Å². The van der Waals surface area contributed by atoms with Gasteiger partial charge in [-0.15, -0.1) is 13.2 Å². The largest absolute Gasteiger partial charge is 0.573 e. The Morgan fingerprint density at radius 2 is 2.04 bits per heavy atom. The highest BCUT2D eigenvalue weighted by Crippen LogP contribution is 2.23. The average Bonchev–Trinajstić information content (AvgIpc) is 2.53. The minimum absolute atomic E-state index is 0.0832. The summed E-state index contributed by atoms with van der Waals surface area (Å²) in [7, 11) is 0. The molecule has 0 radical (unpaired) electrons. The molecule has 5 nitrogen and oxygen atoms in total. The van der Waals surface area contributed by atoms with Crippen molar-refractivity contribution in [3.8, 4) is 5.75 Å². The summed E-state index contributed by atoms with van der Waals surface area (Å²) in [6.07, 6.45) is -4.61. The van der Waals surface area contributed by atoms with Gasteiger partial charge >= 0.3 is 6.36 Å². The number of benzene rings is 1. The molecule has 1 fully saturated rings. The molecule has 0 aromatic heterocycles. The zero-order valence-electron chi connectivity index (χ0n) is 14.9. The number of alkyl halides is 3. The van der Waals surface area contributed by atoms with Crippen LogP contribution in [0.5, 0.6) is 5.75 Å². The van der Waals surface area contributed by atoms with Crippen molar-refractivity contribution in [1.82, 2.24) is 5.32 Å². The fourth-order valence-corrected chi connectivity index (χ4v) is 3.07. The van der Waals surface area contributed by atoms with Crippen LogP contribution >= 0.6 is 12.2 Å². The van der Waals surface area contributed by atoms with Gasteiger partial charge in [0.15, 0.2) is 5.11 Å². The van der Waals surface area contributed by atoms with E-state index in [0.29, 0.717) is 23.3 Å². The van der Waals surface area contributed by atoms with Gasteiger partial charge < -0.3 is 25.0 Å². The van der Waals surface area contributed by atoms with Crippen LogP contribution in [0.4, 0.5) is 18.9 Å². The second kappa shape index (κ2) is 9.38. The van der Waals surface area contributed by atoms with Crippen LogP contribution in [0.25, 0.3) is 0 Å². The molecule has 0 saturated carbocycles. The Morgan fingerprint density at radius 1 is 1.35 bits per heavy atom. The molecule has 2 atom stereocenters. The predicted molar refractivity (Wildman–Crippen MR) is 97.5 cm³/mol. The smallest absolute Gasteiger partial charge is 0.406 e. The highest BCUT2D eigenvalue weighted by molar-refractivity contribution is 7.80. The third-order valence-corrected chi connectivity index (χ3v) is 4.10. The second-order valence-electron chi connectivity index (χ2n) is 6.70. The van der Waals surface area contributed by atoms with E-state index in [1.54, 1.807) is 0 Å². The average molecular weight is 392 g/mol. The number of thiocarbonyl (C=S) groups is 1. The molecule has 2 rings (SSSR count). The first kappa shape index (κ1) is 20.7. The molecule has 26 heavy (non-hydrogen) atoms. The van der Waals surface area contributed by atoms with Crippen LogP contribution in [0.2, 0.25) is 0 Å². The van der Waals surface area contributed by atoms with Gasteiger partial charge in [0.2, 0.25) is 0 Å². The number of ether oxygens (including phenoxy) is 2. The van der Waals surface area contributed by atoms with Crippen LogP contribution in [-0.4, -0.2) is 50.4 Å². The number of anilines is 1. The van der Waals surface area contributed by atoms with Crippen molar-refractivity contribution in [1.29, 1.82) is 0 Å². The molecule has 1 unspecified atom stereocenters. The highest BCUT2D eigenvalue weighted by atomic mass is 32.1. The molecule has 1 aromatic carbocycles. The molecule has 1 aliphatic rings. The normalized spacial score (nSPS) is 20.7. The summed E-state index contributed by atoms with van der Waals surface area (Å²) in [6.45, 7) is 8.80. The summed E-state index contributed by atoms with van der Waals surface area (Å²) in [6, 6.07) is 5.41. The summed E-state index contributed by atoms with van der Waals surface area (Å²) in [5.41, 5.74) is 0.577. The lowest BCUT2D eigenvalue weighted by molar-refractivity contribution is -0.914. The Bertz CT molecular complexity index is 582. The first-order chi connectivity index (χ1) is 12.2. The van der Waals surface area contributed by atoms with Gasteiger partial charge in [-0.25, -0.2) is 0 Å². The van der Waals surface area contributed by atoms with Crippen LogP contribution in [-0.2, 0) is 4.74 Å². The summed E-state index contributed by atoms with van der Waals surface area (Å²) >= 11 is 5.23. The second-order valence-corrected chi connectivity index (χ2v) is 7.11. The van der Waals surface area contributed by atoms with Crippen molar-refractivity contribution in [3.63, 3.8) is 0 Å². The Labute approximate surface area is 156 Å². The molecule has 146 valence electrons. The fraction of sp³-hybridized carbons (Fsp3) is 0.588. The zero-order valence-corrected chi connectivity index (χ0v) is 15.7. The molecule has 0 amide bonds. The van der Waals surface area contributed by atoms with Crippen molar-refractivity contribution in [2.45, 2.75) is 26.3 Å². The Morgan fingerprint density at radius 3 is 2.65 bits per heavy atom. The van der Waals surface area contributed by atoms with E-state index >= 15 is 0 Å². The van der Waals surface area contributed by atoms with Crippen molar-refractivity contribution >= 4 is 23.0 Å². The summed E-state index contributed by atoms with van der Waals surface area (Å²) in [4.78, 5) is 1.53. The molecule has 3 N–H and O–H groups in total. The molecule has 0 spiro atoms. The van der Waals surface area contributed by atoms with Crippen molar-refractivity contribution < 1.29 is 27.5 Å². The summed E-state index contributed by atoms with van der Waals surface area (Å²) < 4.78 is 46.0. The molecule has 1 saturated heterocycles. The maximum Gasteiger partial charge on any atom is 0.573 e. The van der Waals surface area contributed by atoms with Crippen molar-refractivity contribution in [2.24, 2.45) is 5.92 Å². The van der Waals surface area contributed by atoms with Gasteiger partial charge in [-0.2, -0.15) is 0 Å². The monoisotopic (exact) mass is 392 g/mol. The topological polar surface area (TPSA) is 47.0 Å². The molecule has 1 heterocycles. The minimum atomic E-state index is -4.70. The molecular weight excluding hydrogens is 367 g/mol. The number of quaternary nitrogens is 1. The van der Waals surface area contributed by atoms with Crippen LogP contribution in [0, 0.1) is 5.92 Å². The van der Waals surface area contributed by atoms with Gasteiger partial charge in [-0.1, -0.05) is 13.8 Å². The molecule has 9 heteroatoms. The van der Waals surface area contributed by atoms with E-state index in [4.69, 9.17) is 17.0 Å². The third kappa shape index (κ3) is 7.76. The van der Waals surface area contributed by atoms with E-state index < -0.39 is 6.36 Å². The van der Waals surface area contributed by atoms with Crippen LogP contribution in [0.3, 0.4) is 0 Å². The number of rotatable bonds is 6. The molecular formula is C17H25F3N3O2S+. The minimum Gasteiger partial charge on any atom is -0.406 e. The van der Waals surface area contributed by atoms with Gasteiger partial charge in [0, 0.05) is 18.2 Å². The number of morpholine rings is 1. The van der Waals surface area contributed by atoms with E-state index in [1.165, 1.54) is 29.2 Å². The van der Waals surface area contributed by atoms with Gasteiger partial charge in [0.1, 0.15) is 24.9 Å². The number of hydrogen-bond donors (Lipinski definition) is 3. The third-order valence-electron chi connectivity index (χ3n) is 3.86. The Hall–Kier alpha value is -1.58. The highest BCUT2D eigenvalue weighted by Gasteiger charge is 2.31. The first-order valence-electron chi connectivity index (χ1n) is 8.57. The zero-order chi connectivity index (χ0) is 19.2. The maximum atomic E-state index is 12.1. The lowest BCUT2D eigenvalue weighted by Crippen LogP contribution is -3.15. The molecule has 0 bridgehead atoms. The van der Waals surface area contributed by atoms with E-state index in [0.717, 1.165) is 26.2 Å². The summed E-state index contributed by atoms with van der Waals surface area (Å²) in [5.74, 6) is 0.370. The van der Waals surface area contributed by atoms with Crippen LogP contribution in [0.15, 0.2) is 24.3 Å². The standard InChI is InChI=1S/C17H24F3N3O2S/c1-12(2)10-23-7-8-24-15(11-23)9-21-16(26)22-13-3-5-14(6-4-13)25-17(18,19)20/h3-6,12,15H,7-11H2,1-2H3,(H2,21,22,26)/p+1/t15-/m0/s1. The van der Waals surface area contributed by atoms with Crippen LogP contribution in [0.1, 0.15) is 13.8 Å². The maximum absolute atomic E-state index is 12.1. The molecule has 1 aromatic rings. The van der Waals surface area contributed by atoms with Gasteiger partial charge in [-0.05, 0) is 36.5 Å². The quantitative estimate of drug-likeness (QED) is 0.645. The van der Waals surface area contributed by atoms with E-state index in [1.807, 2.05) is 0 Å². The van der Waals surface area contributed by atoms with Crippen molar-refractivity contribution in [2.75, 3.05) is 38.1 Å².